The van der Waals surface area contributed by atoms with Crippen LogP contribution < -0.4 is 11.4 Å². The molecule has 0 saturated heterocycles. The van der Waals surface area contributed by atoms with Crippen LogP contribution in [0.25, 0.3) is 5.69 Å². The van der Waals surface area contributed by atoms with Crippen molar-refractivity contribution >= 4 is 11.8 Å². The number of H-pyrrole nitrogens is 1. The molecule has 2 aromatic rings. The summed E-state index contributed by atoms with van der Waals surface area (Å²) >= 11 is 0. The Morgan fingerprint density at radius 2 is 2.06 bits per heavy atom. The normalized spacial score (nSPS) is 10.6. The fourth-order valence-electron chi connectivity index (χ4n) is 1.87. The minimum absolute atomic E-state index is 0.145. The van der Waals surface area contributed by atoms with Gasteiger partial charge in [0.2, 0.25) is 0 Å². The van der Waals surface area contributed by atoms with Gasteiger partial charge in [0.1, 0.15) is 5.82 Å². The van der Waals surface area contributed by atoms with Crippen molar-refractivity contribution in [1.29, 1.82) is 0 Å². The number of nitrogens with one attached hydrogen (secondary N) is 1. The molecule has 1 aromatic carbocycles. The van der Waals surface area contributed by atoms with Crippen molar-refractivity contribution in [2.45, 2.75) is 13.8 Å². The maximum absolute atomic E-state index is 11.8. The number of nitrogens with zero attached hydrogens (tertiary/aromatic N) is 1. The lowest BCUT2D eigenvalue weighted by Gasteiger charge is -2.10. The first kappa shape index (κ1) is 12.0. The highest BCUT2D eigenvalue weighted by Gasteiger charge is 2.20. The lowest BCUT2D eigenvalue weighted by molar-refractivity contribution is 0.0689. The number of hydrogen-bond acceptors (Lipinski definition) is 3. The molecule has 0 atom stereocenters. The van der Waals surface area contributed by atoms with Crippen LogP contribution in [0.15, 0.2) is 23.0 Å². The molecule has 0 radical (unpaired) electrons. The zero-order valence-corrected chi connectivity index (χ0v) is 10.0. The van der Waals surface area contributed by atoms with Gasteiger partial charge in [-0.3, -0.25) is 9.55 Å². The average Bonchev–Trinajstić information content (AvgIpc) is 2.57. The first-order valence-electron chi connectivity index (χ1n) is 5.34. The van der Waals surface area contributed by atoms with Crippen LogP contribution in [0.2, 0.25) is 0 Å². The molecule has 1 aromatic heterocycles. The van der Waals surface area contributed by atoms with Crippen molar-refractivity contribution in [3.05, 3.63) is 45.5 Å². The van der Waals surface area contributed by atoms with E-state index in [0.29, 0.717) is 5.69 Å². The Hall–Kier alpha value is -2.50. The second-order valence-corrected chi connectivity index (χ2v) is 4.05. The van der Waals surface area contributed by atoms with E-state index in [0.717, 1.165) is 15.7 Å². The summed E-state index contributed by atoms with van der Waals surface area (Å²) in [4.78, 5) is 25.3. The van der Waals surface area contributed by atoms with Crippen LogP contribution in [0.3, 0.4) is 0 Å². The third kappa shape index (κ3) is 1.67. The van der Waals surface area contributed by atoms with Gasteiger partial charge in [0.15, 0.2) is 5.69 Å². The molecule has 94 valence electrons. The van der Waals surface area contributed by atoms with E-state index in [9.17, 15) is 9.59 Å². The molecule has 6 heteroatoms. The fourth-order valence-corrected chi connectivity index (χ4v) is 1.87. The van der Waals surface area contributed by atoms with Crippen molar-refractivity contribution in [3.8, 4) is 5.69 Å². The number of imidazole rings is 1. The van der Waals surface area contributed by atoms with Gasteiger partial charge in [0.05, 0.1) is 5.69 Å². The number of aryl methyl sites for hydroxylation is 1. The molecule has 0 amide bonds. The molecule has 18 heavy (non-hydrogen) atoms. The van der Waals surface area contributed by atoms with Crippen molar-refractivity contribution < 1.29 is 9.90 Å². The van der Waals surface area contributed by atoms with Gasteiger partial charge in [-0.05, 0) is 31.0 Å². The van der Waals surface area contributed by atoms with Crippen LogP contribution >= 0.6 is 0 Å². The molecule has 0 aliphatic rings. The van der Waals surface area contributed by atoms with Crippen LogP contribution in [0.5, 0.6) is 0 Å². The van der Waals surface area contributed by atoms with E-state index >= 15 is 0 Å². The van der Waals surface area contributed by atoms with Crippen LogP contribution in [0, 0.1) is 13.8 Å². The first-order chi connectivity index (χ1) is 8.43. The molecular weight excluding hydrogens is 234 g/mol. The summed E-state index contributed by atoms with van der Waals surface area (Å²) in [5.41, 5.74) is 7.03. The van der Waals surface area contributed by atoms with E-state index in [-0.39, 0.29) is 11.5 Å². The Kier molecular flexibility index (Phi) is 2.70. The summed E-state index contributed by atoms with van der Waals surface area (Å²) in [7, 11) is 0. The summed E-state index contributed by atoms with van der Waals surface area (Å²) in [5, 5.41) is 9.12. The molecule has 0 fully saturated rings. The molecule has 0 aliphatic heterocycles. The number of hydrogen-bond donors (Lipinski definition) is 3. The van der Waals surface area contributed by atoms with E-state index in [1.54, 1.807) is 12.1 Å². The molecule has 0 unspecified atom stereocenters. The van der Waals surface area contributed by atoms with Gasteiger partial charge in [-0.2, -0.15) is 0 Å². The number of carboxylic acid groups (broad SMARTS) is 1. The van der Waals surface area contributed by atoms with Gasteiger partial charge in [-0.15, -0.1) is 0 Å². The molecule has 4 N–H and O–H groups in total. The number of rotatable bonds is 2. The summed E-state index contributed by atoms with van der Waals surface area (Å²) in [6.45, 7) is 3.71. The van der Waals surface area contributed by atoms with Gasteiger partial charge < -0.3 is 10.8 Å². The minimum atomic E-state index is -1.24. The smallest absolute Gasteiger partial charge is 0.356 e. The number of aromatic amines is 1. The third-order valence-corrected chi connectivity index (χ3v) is 2.94. The van der Waals surface area contributed by atoms with Gasteiger partial charge in [-0.25, -0.2) is 9.59 Å². The fraction of sp³-hybridized carbons (Fsp3) is 0.167. The Labute approximate surface area is 103 Å². The molecule has 0 spiro atoms. The van der Waals surface area contributed by atoms with Crippen LogP contribution in [0.1, 0.15) is 21.6 Å². The van der Waals surface area contributed by atoms with E-state index in [1.807, 2.05) is 19.9 Å². The Morgan fingerprint density at radius 1 is 1.39 bits per heavy atom. The van der Waals surface area contributed by atoms with Crippen molar-refractivity contribution in [3.63, 3.8) is 0 Å². The van der Waals surface area contributed by atoms with E-state index in [2.05, 4.69) is 4.98 Å². The van der Waals surface area contributed by atoms with Crippen molar-refractivity contribution in [2.24, 2.45) is 0 Å². The number of nitrogens with two attached hydrogens (primary N) is 1. The predicted octanol–water partition coefficient (Wildman–Crippen LogP) is 1.06. The number of nitrogen functional groups attached to an aromatic ring is 1. The SMILES string of the molecule is Cc1cccc(-n2c(C(=O)O)c(N)[nH]c2=O)c1C. The van der Waals surface area contributed by atoms with Gasteiger partial charge in [0, 0.05) is 0 Å². The maximum atomic E-state index is 11.8. The highest BCUT2D eigenvalue weighted by atomic mass is 16.4. The van der Waals surface area contributed by atoms with Gasteiger partial charge >= 0.3 is 11.7 Å². The first-order valence-corrected chi connectivity index (χ1v) is 5.34. The third-order valence-electron chi connectivity index (χ3n) is 2.94. The monoisotopic (exact) mass is 247 g/mol. The largest absolute Gasteiger partial charge is 0.476 e. The molecule has 6 nitrogen and oxygen atoms in total. The Morgan fingerprint density at radius 3 is 2.67 bits per heavy atom. The van der Waals surface area contributed by atoms with E-state index in [1.165, 1.54) is 0 Å². The minimum Gasteiger partial charge on any atom is -0.476 e. The van der Waals surface area contributed by atoms with Crippen LogP contribution in [-0.2, 0) is 0 Å². The number of aromatic carboxylic acids is 1. The lowest BCUT2D eigenvalue weighted by Crippen LogP contribution is -2.20. The van der Waals surface area contributed by atoms with Gasteiger partial charge in [0.25, 0.3) is 0 Å². The number of aromatic nitrogens is 2. The second-order valence-electron chi connectivity index (χ2n) is 4.05. The molecule has 0 bridgehead atoms. The molecular formula is C12H13N3O3. The average molecular weight is 247 g/mol. The number of anilines is 1. The second kappa shape index (κ2) is 4.06. The summed E-state index contributed by atoms with van der Waals surface area (Å²) < 4.78 is 1.08. The van der Waals surface area contributed by atoms with Crippen molar-refractivity contribution in [1.82, 2.24) is 9.55 Å². The molecule has 0 aliphatic carbocycles. The standard InChI is InChI=1S/C12H13N3O3/c1-6-4-3-5-8(7(6)2)15-9(11(16)17)10(13)14-12(15)18/h3-5H,13H2,1-2H3,(H,14,18)(H,16,17). The number of carboxylic acids is 1. The predicted molar refractivity (Wildman–Crippen MR) is 67.2 cm³/mol. The Balaban J connectivity index is 2.83. The lowest BCUT2D eigenvalue weighted by atomic mass is 10.1. The summed E-state index contributed by atoms with van der Waals surface area (Å²) in [5.74, 6) is -1.39. The van der Waals surface area contributed by atoms with Crippen LogP contribution in [-0.4, -0.2) is 20.6 Å². The maximum Gasteiger partial charge on any atom is 0.356 e. The number of carbonyl (C=O) groups is 1. The topological polar surface area (TPSA) is 101 Å². The summed E-state index contributed by atoms with van der Waals surface area (Å²) in [6, 6.07) is 5.34. The Bertz CT molecular complexity index is 682. The summed E-state index contributed by atoms with van der Waals surface area (Å²) in [6.07, 6.45) is 0. The molecule has 0 saturated carbocycles. The van der Waals surface area contributed by atoms with Crippen molar-refractivity contribution in [2.75, 3.05) is 5.73 Å². The van der Waals surface area contributed by atoms with Gasteiger partial charge in [-0.1, -0.05) is 12.1 Å². The molecule has 1 heterocycles. The highest BCUT2D eigenvalue weighted by Crippen LogP contribution is 2.19. The number of benzene rings is 1. The van der Waals surface area contributed by atoms with E-state index < -0.39 is 11.7 Å². The highest BCUT2D eigenvalue weighted by molar-refractivity contribution is 5.91. The van der Waals surface area contributed by atoms with Crippen LogP contribution in [0.4, 0.5) is 5.82 Å². The zero-order chi connectivity index (χ0) is 13.4. The zero-order valence-electron chi connectivity index (χ0n) is 10.0. The quantitative estimate of drug-likeness (QED) is 0.738. The molecule has 2 rings (SSSR count). The van der Waals surface area contributed by atoms with E-state index in [4.69, 9.17) is 10.8 Å².